The van der Waals surface area contributed by atoms with Crippen LogP contribution in [0.15, 0.2) is 29.3 Å². The predicted octanol–water partition coefficient (Wildman–Crippen LogP) is 4.07. The van der Waals surface area contributed by atoms with Gasteiger partial charge in [0.1, 0.15) is 0 Å². The van der Waals surface area contributed by atoms with Crippen LogP contribution >= 0.6 is 35.6 Å². The van der Waals surface area contributed by atoms with E-state index in [-0.39, 0.29) is 29.9 Å². The summed E-state index contributed by atoms with van der Waals surface area (Å²) in [6, 6.07) is 7.35. The summed E-state index contributed by atoms with van der Waals surface area (Å²) in [4.78, 5) is 16.3. The van der Waals surface area contributed by atoms with E-state index >= 15 is 0 Å². The number of nitrogens with one attached hydrogen (secondary N) is 3. The van der Waals surface area contributed by atoms with E-state index in [0.29, 0.717) is 35.1 Å². The molecular weight excluding hydrogens is 463 g/mol. The molecule has 0 spiro atoms. The van der Waals surface area contributed by atoms with Gasteiger partial charge in [-0.2, -0.15) is 0 Å². The van der Waals surface area contributed by atoms with Crippen LogP contribution in [-0.4, -0.2) is 38.0 Å². The molecule has 1 rings (SSSR count). The molecule has 1 aromatic rings. The van der Waals surface area contributed by atoms with E-state index in [2.05, 4.69) is 48.6 Å². The Morgan fingerprint density at radius 3 is 2.38 bits per heavy atom. The first-order valence-corrected chi connectivity index (χ1v) is 9.10. The number of nitrogens with zero attached hydrogens (tertiary/aromatic N) is 1. The molecule has 0 fully saturated rings. The highest BCUT2D eigenvalue weighted by Crippen LogP contribution is 2.21. The minimum Gasteiger partial charge on any atom is -0.355 e. The third kappa shape index (κ3) is 10.2. The van der Waals surface area contributed by atoms with Crippen molar-refractivity contribution in [2.45, 2.75) is 46.6 Å². The van der Waals surface area contributed by atoms with Gasteiger partial charge in [0.05, 0.1) is 10.6 Å². The van der Waals surface area contributed by atoms with Gasteiger partial charge in [0.2, 0.25) is 0 Å². The van der Waals surface area contributed by atoms with Gasteiger partial charge in [-0.05, 0) is 37.3 Å². The number of amides is 1. The molecule has 1 amide bonds. The molecule has 0 aliphatic rings. The molecule has 0 bridgehead atoms. The molecule has 0 heterocycles. The summed E-state index contributed by atoms with van der Waals surface area (Å²) in [5, 5.41) is 9.89. The van der Waals surface area contributed by atoms with Gasteiger partial charge in [-0.15, -0.1) is 24.0 Å². The number of aliphatic imine (C=N–C) groups is 1. The highest BCUT2D eigenvalue weighted by atomic mass is 127. The minimum atomic E-state index is -0.172. The molecule has 0 saturated carbocycles. The van der Waals surface area contributed by atoms with E-state index in [1.54, 1.807) is 31.3 Å². The molecule has 0 aliphatic heterocycles. The number of hydrogen-bond acceptors (Lipinski definition) is 2. The first kappa shape index (κ1) is 25.0. The maximum atomic E-state index is 12.1. The summed E-state index contributed by atoms with van der Waals surface area (Å²) in [5.74, 6) is 0.572. The molecule has 5 nitrogen and oxygen atoms in total. The number of rotatable bonds is 7. The van der Waals surface area contributed by atoms with Crippen LogP contribution in [0.4, 0.5) is 0 Å². The molecule has 148 valence electrons. The van der Waals surface area contributed by atoms with Crippen LogP contribution in [0.3, 0.4) is 0 Å². The van der Waals surface area contributed by atoms with Crippen molar-refractivity contribution in [3.8, 4) is 0 Å². The van der Waals surface area contributed by atoms with Gasteiger partial charge in [0.15, 0.2) is 5.96 Å². The first-order valence-electron chi connectivity index (χ1n) is 8.73. The van der Waals surface area contributed by atoms with E-state index in [4.69, 9.17) is 11.6 Å². The summed E-state index contributed by atoms with van der Waals surface area (Å²) < 4.78 is 0. The summed E-state index contributed by atoms with van der Waals surface area (Å²) in [7, 11) is 1.74. The summed E-state index contributed by atoms with van der Waals surface area (Å²) in [6.07, 6.45) is 2.22. The van der Waals surface area contributed by atoms with E-state index in [1.807, 2.05) is 0 Å². The largest absolute Gasteiger partial charge is 0.355 e. The molecule has 0 aromatic heterocycles. The fourth-order valence-corrected chi connectivity index (χ4v) is 2.47. The molecule has 0 saturated heterocycles. The Kier molecular flexibility index (Phi) is 11.9. The van der Waals surface area contributed by atoms with E-state index in [1.165, 1.54) is 0 Å². The van der Waals surface area contributed by atoms with Gasteiger partial charge in [-0.25, -0.2) is 0 Å². The van der Waals surface area contributed by atoms with E-state index in [0.717, 1.165) is 18.8 Å². The maximum Gasteiger partial charge on any atom is 0.252 e. The Labute approximate surface area is 179 Å². The van der Waals surface area contributed by atoms with Crippen molar-refractivity contribution in [1.29, 1.82) is 0 Å². The third-order valence-corrected chi connectivity index (χ3v) is 4.09. The van der Waals surface area contributed by atoms with Gasteiger partial charge in [-0.1, -0.05) is 44.5 Å². The fraction of sp³-hybridized carbons (Fsp3) is 0.579. The third-order valence-electron chi connectivity index (χ3n) is 3.76. The highest BCUT2D eigenvalue weighted by Gasteiger charge is 2.13. The number of guanidine groups is 1. The average Bonchev–Trinajstić information content (AvgIpc) is 2.55. The van der Waals surface area contributed by atoms with Crippen molar-refractivity contribution < 1.29 is 4.79 Å². The van der Waals surface area contributed by atoms with Crippen LogP contribution in [0.25, 0.3) is 0 Å². The molecule has 0 radical (unpaired) electrons. The molecule has 1 aromatic carbocycles. The molecule has 1 unspecified atom stereocenters. The second-order valence-electron chi connectivity index (χ2n) is 7.38. The Balaban J connectivity index is 0.00000625. The fourth-order valence-electron chi connectivity index (χ4n) is 2.25. The van der Waals surface area contributed by atoms with E-state index in [9.17, 15) is 4.79 Å². The number of hydrogen-bond donors (Lipinski definition) is 3. The predicted molar refractivity (Wildman–Crippen MR) is 122 cm³/mol. The number of benzene rings is 1. The van der Waals surface area contributed by atoms with Crippen molar-refractivity contribution in [1.82, 2.24) is 16.0 Å². The van der Waals surface area contributed by atoms with Crippen molar-refractivity contribution in [3.63, 3.8) is 0 Å². The van der Waals surface area contributed by atoms with Crippen molar-refractivity contribution >= 4 is 47.4 Å². The SMILES string of the molecule is CN=C(NCCNC(=O)c1ccccc1Cl)NC(C)CCC(C)(C)C.I. The molecule has 0 aliphatic carbocycles. The van der Waals surface area contributed by atoms with Gasteiger partial charge in [-0.3, -0.25) is 9.79 Å². The minimum absolute atomic E-state index is 0. The topological polar surface area (TPSA) is 65.5 Å². The number of halogens is 2. The second kappa shape index (κ2) is 12.4. The first-order chi connectivity index (χ1) is 11.7. The lowest BCUT2D eigenvalue weighted by Crippen LogP contribution is -2.45. The van der Waals surface area contributed by atoms with Crippen molar-refractivity contribution in [3.05, 3.63) is 34.9 Å². The Morgan fingerprint density at radius 2 is 1.81 bits per heavy atom. The summed E-state index contributed by atoms with van der Waals surface area (Å²) >= 11 is 6.02. The lowest BCUT2D eigenvalue weighted by Gasteiger charge is -2.23. The second-order valence-corrected chi connectivity index (χ2v) is 7.79. The van der Waals surface area contributed by atoms with E-state index < -0.39 is 0 Å². The summed E-state index contributed by atoms with van der Waals surface area (Å²) in [6.45, 7) is 9.96. The van der Waals surface area contributed by atoms with Crippen LogP contribution < -0.4 is 16.0 Å². The lowest BCUT2D eigenvalue weighted by molar-refractivity contribution is 0.0954. The average molecular weight is 495 g/mol. The zero-order valence-electron chi connectivity index (χ0n) is 16.4. The highest BCUT2D eigenvalue weighted by molar-refractivity contribution is 14.0. The van der Waals surface area contributed by atoms with Gasteiger partial charge in [0, 0.05) is 26.2 Å². The molecule has 26 heavy (non-hydrogen) atoms. The number of carbonyl (C=O) groups is 1. The van der Waals surface area contributed by atoms with Gasteiger partial charge in [0.25, 0.3) is 5.91 Å². The quantitative estimate of drug-likeness (QED) is 0.232. The Hall–Kier alpha value is -1.02. The van der Waals surface area contributed by atoms with Crippen molar-refractivity contribution in [2.24, 2.45) is 10.4 Å². The van der Waals surface area contributed by atoms with Crippen LogP contribution in [-0.2, 0) is 0 Å². The Bertz CT molecular complexity index is 587. The number of carbonyl (C=O) groups excluding carboxylic acids is 1. The normalized spacial score (nSPS) is 12.8. The smallest absolute Gasteiger partial charge is 0.252 e. The molecular formula is C19H32ClIN4O. The Morgan fingerprint density at radius 1 is 1.19 bits per heavy atom. The summed E-state index contributed by atoms with van der Waals surface area (Å²) in [5.41, 5.74) is 0.818. The standard InChI is InChI=1S/C19H31ClN4O.HI/c1-14(10-11-19(2,3)4)24-18(21-5)23-13-12-22-17(25)15-8-6-7-9-16(15)20;/h6-9,14H,10-13H2,1-5H3,(H,22,25)(H2,21,23,24);1H. The zero-order valence-corrected chi connectivity index (χ0v) is 19.4. The van der Waals surface area contributed by atoms with Crippen LogP contribution in [0.1, 0.15) is 50.9 Å². The monoisotopic (exact) mass is 494 g/mol. The van der Waals surface area contributed by atoms with Crippen molar-refractivity contribution in [2.75, 3.05) is 20.1 Å². The van der Waals surface area contributed by atoms with Gasteiger partial charge < -0.3 is 16.0 Å². The van der Waals surface area contributed by atoms with Crippen LogP contribution in [0, 0.1) is 5.41 Å². The van der Waals surface area contributed by atoms with Crippen LogP contribution in [0.2, 0.25) is 5.02 Å². The molecule has 7 heteroatoms. The molecule has 1 atom stereocenters. The van der Waals surface area contributed by atoms with Gasteiger partial charge >= 0.3 is 0 Å². The van der Waals surface area contributed by atoms with Crippen LogP contribution in [0.5, 0.6) is 0 Å². The lowest BCUT2D eigenvalue weighted by atomic mass is 9.89. The molecule has 3 N–H and O–H groups in total. The maximum absolute atomic E-state index is 12.1. The zero-order chi connectivity index (χ0) is 18.9.